The van der Waals surface area contributed by atoms with E-state index in [4.69, 9.17) is 5.11 Å². The number of thioether (sulfide) groups is 1. The minimum absolute atomic E-state index is 0.0897. The van der Waals surface area contributed by atoms with Crippen LogP contribution in [0.3, 0.4) is 0 Å². The molecule has 1 nitrogen and oxygen atoms in total. The number of hydrogen-bond donors (Lipinski definition) is 1. The van der Waals surface area contributed by atoms with Crippen LogP contribution in [0.2, 0.25) is 0 Å². The Morgan fingerprint density at radius 2 is 2.00 bits per heavy atom. The molecule has 0 heterocycles. The Bertz CT molecular complexity index is 326. The van der Waals surface area contributed by atoms with E-state index in [2.05, 4.69) is 0 Å². The zero-order valence-electron chi connectivity index (χ0n) is 8.05. The molecule has 0 saturated heterocycles. The third-order valence-electron chi connectivity index (χ3n) is 1.66. The summed E-state index contributed by atoms with van der Waals surface area (Å²) in [6, 6.07) is 3.30. The molecule has 1 aromatic rings. The van der Waals surface area contributed by atoms with Gasteiger partial charge < -0.3 is 5.11 Å². The summed E-state index contributed by atoms with van der Waals surface area (Å²) in [5.74, 6) is -0.930. The van der Waals surface area contributed by atoms with Crippen LogP contribution in [-0.4, -0.2) is 16.5 Å². The smallest absolute Gasteiger partial charge is 0.136 e. The second-order valence-corrected chi connectivity index (χ2v) is 5.34. The molecule has 14 heavy (non-hydrogen) atoms. The van der Waals surface area contributed by atoms with Gasteiger partial charge in [-0.3, -0.25) is 0 Å². The van der Waals surface area contributed by atoms with Crippen molar-refractivity contribution in [1.82, 2.24) is 0 Å². The van der Waals surface area contributed by atoms with Gasteiger partial charge in [-0.1, -0.05) is 0 Å². The fourth-order valence-electron chi connectivity index (χ4n) is 0.885. The molecule has 1 aromatic carbocycles. The van der Waals surface area contributed by atoms with Crippen molar-refractivity contribution in [3.05, 3.63) is 29.8 Å². The molecule has 1 N–H and O–H groups in total. The lowest BCUT2D eigenvalue weighted by atomic mass is 10.2. The normalized spacial score (nSPS) is 11.8. The van der Waals surface area contributed by atoms with Crippen LogP contribution in [-0.2, 0) is 0 Å². The van der Waals surface area contributed by atoms with E-state index >= 15 is 0 Å². The van der Waals surface area contributed by atoms with Crippen molar-refractivity contribution in [3.63, 3.8) is 0 Å². The summed E-state index contributed by atoms with van der Waals surface area (Å²) in [5, 5.41) is 8.98. The average molecular weight is 218 g/mol. The van der Waals surface area contributed by atoms with E-state index in [1.807, 2.05) is 0 Å². The first kappa shape index (κ1) is 11.5. The standard InChI is InChI=1S/C10H12F2OS/c1-10(2,6-13)14-9-5-7(11)3-4-8(9)12/h3-5,13H,6H2,1-2H3. The van der Waals surface area contributed by atoms with Gasteiger partial charge in [-0.2, -0.15) is 0 Å². The summed E-state index contributed by atoms with van der Waals surface area (Å²) in [6.07, 6.45) is 0. The molecule has 0 atom stereocenters. The fourth-order valence-corrected chi connectivity index (χ4v) is 1.88. The maximum absolute atomic E-state index is 13.2. The molecule has 0 aliphatic heterocycles. The minimum Gasteiger partial charge on any atom is -0.395 e. The van der Waals surface area contributed by atoms with Crippen LogP contribution in [0.15, 0.2) is 23.1 Å². The molecule has 0 bridgehead atoms. The minimum atomic E-state index is -0.505. The van der Waals surface area contributed by atoms with Crippen LogP contribution in [0.5, 0.6) is 0 Å². The Balaban J connectivity index is 2.91. The molecule has 4 heteroatoms. The van der Waals surface area contributed by atoms with Crippen molar-refractivity contribution in [2.24, 2.45) is 0 Å². The van der Waals surface area contributed by atoms with Crippen LogP contribution < -0.4 is 0 Å². The summed E-state index contributed by atoms with van der Waals surface area (Å²) >= 11 is 1.12. The Kier molecular flexibility index (Phi) is 3.50. The molecule has 0 unspecified atom stereocenters. The molecular formula is C10H12F2OS. The second-order valence-electron chi connectivity index (χ2n) is 3.59. The van der Waals surface area contributed by atoms with Gasteiger partial charge in [0.15, 0.2) is 0 Å². The average Bonchev–Trinajstić information content (AvgIpc) is 2.11. The van der Waals surface area contributed by atoms with Crippen molar-refractivity contribution < 1.29 is 13.9 Å². The molecule has 0 aromatic heterocycles. The van der Waals surface area contributed by atoms with Crippen LogP contribution in [0.25, 0.3) is 0 Å². The second kappa shape index (κ2) is 4.28. The van der Waals surface area contributed by atoms with Gasteiger partial charge in [0.2, 0.25) is 0 Å². The van der Waals surface area contributed by atoms with E-state index in [9.17, 15) is 8.78 Å². The van der Waals surface area contributed by atoms with Crippen LogP contribution >= 0.6 is 11.8 Å². The number of rotatable bonds is 3. The lowest BCUT2D eigenvalue weighted by molar-refractivity contribution is 0.265. The van der Waals surface area contributed by atoms with Crippen LogP contribution in [0.4, 0.5) is 8.78 Å². The Morgan fingerprint density at radius 1 is 1.36 bits per heavy atom. The van der Waals surface area contributed by atoms with Gasteiger partial charge in [0.25, 0.3) is 0 Å². The number of halogens is 2. The Labute approximate surface area is 86.1 Å². The summed E-state index contributed by atoms with van der Waals surface area (Å²) in [5.41, 5.74) is 0. The summed E-state index contributed by atoms with van der Waals surface area (Å²) < 4.78 is 25.4. The fraction of sp³-hybridized carbons (Fsp3) is 0.400. The summed E-state index contributed by atoms with van der Waals surface area (Å²) in [4.78, 5) is 0.226. The van der Waals surface area contributed by atoms with Gasteiger partial charge in [0, 0.05) is 9.64 Å². The van der Waals surface area contributed by atoms with Gasteiger partial charge in [-0.05, 0) is 32.0 Å². The van der Waals surface area contributed by atoms with E-state index in [1.165, 1.54) is 0 Å². The molecule has 78 valence electrons. The molecule has 0 spiro atoms. The van der Waals surface area contributed by atoms with Gasteiger partial charge in [0.1, 0.15) is 11.6 Å². The number of aliphatic hydroxyl groups is 1. The monoisotopic (exact) mass is 218 g/mol. The van der Waals surface area contributed by atoms with Gasteiger partial charge in [-0.15, -0.1) is 11.8 Å². The van der Waals surface area contributed by atoms with E-state index in [1.54, 1.807) is 13.8 Å². The van der Waals surface area contributed by atoms with Crippen LogP contribution in [0.1, 0.15) is 13.8 Å². The highest BCUT2D eigenvalue weighted by molar-refractivity contribution is 8.00. The Hall–Kier alpha value is -0.610. The molecular weight excluding hydrogens is 206 g/mol. The highest BCUT2D eigenvalue weighted by Crippen LogP contribution is 2.33. The van der Waals surface area contributed by atoms with Crippen molar-refractivity contribution in [3.8, 4) is 0 Å². The van der Waals surface area contributed by atoms with Gasteiger partial charge in [0.05, 0.1) is 6.61 Å². The SMILES string of the molecule is CC(C)(CO)Sc1cc(F)ccc1F. The molecule has 0 radical (unpaired) electrons. The van der Waals surface area contributed by atoms with Crippen LogP contribution in [0, 0.1) is 11.6 Å². The summed E-state index contributed by atoms with van der Waals surface area (Å²) in [7, 11) is 0. The lowest BCUT2D eigenvalue weighted by Crippen LogP contribution is -2.19. The first-order valence-corrected chi connectivity index (χ1v) is 5.01. The van der Waals surface area contributed by atoms with Gasteiger partial charge in [-0.25, -0.2) is 8.78 Å². The largest absolute Gasteiger partial charge is 0.395 e. The highest BCUT2D eigenvalue weighted by atomic mass is 32.2. The third-order valence-corrected chi connectivity index (χ3v) is 2.87. The Morgan fingerprint density at radius 3 is 2.57 bits per heavy atom. The van der Waals surface area contributed by atoms with E-state index in [0.29, 0.717) is 0 Å². The topological polar surface area (TPSA) is 20.2 Å². The number of hydrogen-bond acceptors (Lipinski definition) is 2. The molecule has 1 rings (SSSR count). The molecule has 0 amide bonds. The van der Waals surface area contributed by atoms with E-state index in [-0.39, 0.29) is 11.5 Å². The summed E-state index contributed by atoms with van der Waals surface area (Å²) in [6.45, 7) is 3.44. The van der Waals surface area contributed by atoms with Crippen molar-refractivity contribution in [2.45, 2.75) is 23.5 Å². The van der Waals surface area contributed by atoms with Crippen molar-refractivity contribution in [1.29, 1.82) is 0 Å². The first-order chi connectivity index (χ1) is 6.44. The van der Waals surface area contributed by atoms with Crippen molar-refractivity contribution in [2.75, 3.05) is 6.61 Å². The number of benzene rings is 1. The molecule has 0 aliphatic rings. The molecule has 0 fully saturated rings. The predicted octanol–water partition coefficient (Wildman–Crippen LogP) is 2.83. The lowest BCUT2D eigenvalue weighted by Gasteiger charge is -2.20. The zero-order valence-corrected chi connectivity index (χ0v) is 8.87. The van der Waals surface area contributed by atoms with E-state index in [0.717, 1.165) is 30.0 Å². The molecule has 0 aliphatic carbocycles. The first-order valence-electron chi connectivity index (χ1n) is 4.19. The van der Waals surface area contributed by atoms with Gasteiger partial charge >= 0.3 is 0 Å². The third kappa shape index (κ3) is 2.96. The highest BCUT2D eigenvalue weighted by Gasteiger charge is 2.20. The van der Waals surface area contributed by atoms with E-state index < -0.39 is 16.4 Å². The zero-order chi connectivity index (χ0) is 10.8. The number of aliphatic hydroxyl groups excluding tert-OH is 1. The maximum Gasteiger partial charge on any atom is 0.136 e. The van der Waals surface area contributed by atoms with Crippen molar-refractivity contribution >= 4 is 11.8 Å². The molecule has 0 saturated carbocycles. The predicted molar refractivity (Wildman–Crippen MR) is 53.4 cm³/mol. The quantitative estimate of drug-likeness (QED) is 0.787. The maximum atomic E-state index is 13.2.